The minimum Gasteiger partial charge on any atom is -0.480 e. The van der Waals surface area contributed by atoms with Crippen LogP contribution in [0.4, 0.5) is 0 Å². The van der Waals surface area contributed by atoms with Crippen molar-refractivity contribution in [2.75, 3.05) is 19.8 Å². The Morgan fingerprint density at radius 3 is 1.35 bits per heavy atom. The number of ether oxygens (including phenoxy) is 2. The summed E-state index contributed by atoms with van der Waals surface area (Å²) >= 11 is 0. The maximum Gasteiger partial charge on any atom is 0.472 e. The molecule has 60 heavy (non-hydrogen) atoms. The Morgan fingerprint density at radius 2 is 0.883 bits per heavy atom. The van der Waals surface area contributed by atoms with Crippen molar-refractivity contribution >= 4 is 25.7 Å². The molecule has 0 saturated carbocycles. The summed E-state index contributed by atoms with van der Waals surface area (Å²) in [6.45, 7) is 2.78. The Labute approximate surface area is 365 Å². The number of rotatable bonds is 45. The quantitative estimate of drug-likeness (QED) is 0.0230. The van der Waals surface area contributed by atoms with Crippen LogP contribution in [0, 0.1) is 0 Å². The molecule has 0 aliphatic heterocycles. The highest BCUT2D eigenvalue weighted by Gasteiger charge is 2.28. The molecule has 12 heteroatoms. The van der Waals surface area contributed by atoms with E-state index < -0.39 is 51.1 Å². The van der Waals surface area contributed by atoms with Gasteiger partial charge in [-0.2, -0.15) is 0 Å². The first kappa shape index (κ1) is 57.7. The van der Waals surface area contributed by atoms with Crippen LogP contribution in [0.5, 0.6) is 0 Å². The van der Waals surface area contributed by atoms with Crippen LogP contribution >= 0.6 is 7.82 Å². The normalized spacial score (nSPS) is 13.9. The second-order valence-corrected chi connectivity index (χ2v) is 17.7. The van der Waals surface area contributed by atoms with E-state index in [0.717, 1.165) is 44.9 Å². The Bertz CT molecular complexity index is 1160. The molecule has 0 fully saturated rings. The molecule has 4 N–H and O–H groups in total. The topological polar surface area (TPSA) is 172 Å². The van der Waals surface area contributed by atoms with Crippen LogP contribution in [0.25, 0.3) is 0 Å². The van der Waals surface area contributed by atoms with Crippen molar-refractivity contribution in [2.24, 2.45) is 5.73 Å². The van der Waals surface area contributed by atoms with Crippen LogP contribution in [0.15, 0.2) is 36.5 Å². The van der Waals surface area contributed by atoms with Gasteiger partial charge in [0.2, 0.25) is 0 Å². The summed E-state index contributed by atoms with van der Waals surface area (Å²) in [6, 6.07) is -1.53. The third kappa shape index (κ3) is 42.4. The number of esters is 2. The van der Waals surface area contributed by atoms with Gasteiger partial charge in [0.15, 0.2) is 6.10 Å². The Balaban J connectivity index is 4.31. The van der Waals surface area contributed by atoms with E-state index in [0.29, 0.717) is 12.8 Å². The van der Waals surface area contributed by atoms with Crippen molar-refractivity contribution in [3.05, 3.63) is 36.5 Å². The van der Waals surface area contributed by atoms with Gasteiger partial charge in [0, 0.05) is 12.8 Å². The summed E-state index contributed by atoms with van der Waals surface area (Å²) in [4.78, 5) is 46.0. The predicted octanol–water partition coefficient (Wildman–Crippen LogP) is 13.2. The second kappa shape index (κ2) is 43.4. The monoisotopic (exact) mass is 870 g/mol. The summed E-state index contributed by atoms with van der Waals surface area (Å²) in [6.07, 6.45) is 47.8. The largest absolute Gasteiger partial charge is 0.480 e. The molecule has 0 aromatic rings. The fraction of sp³-hybridized carbons (Fsp3) is 0.812. The molecule has 1 unspecified atom stereocenters. The fourth-order valence-corrected chi connectivity index (χ4v) is 7.34. The summed E-state index contributed by atoms with van der Waals surface area (Å²) in [5.41, 5.74) is 5.34. The number of allylic oxidation sites excluding steroid dienone is 6. The van der Waals surface area contributed by atoms with Gasteiger partial charge in [-0.25, -0.2) is 4.57 Å². The third-order valence-electron chi connectivity index (χ3n) is 10.4. The van der Waals surface area contributed by atoms with E-state index >= 15 is 0 Å². The molecule has 0 radical (unpaired) electrons. The zero-order valence-electron chi connectivity index (χ0n) is 38.1. The minimum absolute atomic E-state index is 0.155. The highest BCUT2D eigenvalue weighted by Crippen LogP contribution is 2.43. The molecule has 0 heterocycles. The minimum atomic E-state index is -4.72. The van der Waals surface area contributed by atoms with E-state index in [4.69, 9.17) is 24.8 Å². The van der Waals surface area contributed by atoms with Crippen molar-refractivity contribution in [2.45, 2.75) is 231 Å². The van der Waals surface area contributed by atoms with Crippen molar-refractivity contribution in [1.29, 1.82) is 0 Å². The first-order chi connectivity index (χ1) is 29.1. The molecule has 0 rings (SSSR count). The highest BCUT2D eigenvalue weighted by atomic mass is 31.2. The fourth-order valence-electron chi connectivity index (χ4n) is 6.56. The van der Waals surface area contributed by atoms with Crippen molar-refractivity contribution in [1.82, 2.24) is 0 Å². The van der Waals surface area contributed by atoms with Crippen LogP contribution in [-0.2, 0) is 37.5 Å². The number of carboxylic acid groups (broad SMARTS) is 1. The third-order valence-corrected chi connectivity index (χ3v) is 11.3. The lowest BCUT2D eigenvalue weighted by molar-refractivity contribution is -0.161. The van der Waals surface area contributed by atoms with E-state index in [9.17, 15) is 23.8 Å². The summed E-state index contributed by atoms with van der Waals surface area (Å²) in [5.74, 6) is -2.41. The standard InChI is InChI=1S/C48H88NO10P/c1-3-5-7-9-11-13-15-17-19-20-21-22-23-24-26-28-30-32-34-36-38-40-47(51)59-44(42-57-60(54,55)58-43-45(49)48(52)53)41-56-46(50)39-37-35-33-31-29-27-25-18-16-14-12-10-8-6-4-2/h17-19,25,29,31,44-45H,3-16,20-24,26-28,30,32-43,49H2,1-2H3,(H,52,53)(H,54,55)/b19-17+,25-18+,31-29+/t44-,45-/m0/s1. The molecular weight excluding hydrogens is 781 g/mol. The van der Waals surface area contributed by atoms with E-state index in [-0.39, 0.29) is 19.4 Å². The van der Waals surface area contributed by atoms with Gasteiger partial charge in [-0.1, -0.05) is 172 Å². The zero-order valence-corrected chi connectivity index (χ0v) is 38.9. The molecule has 0 aromatic heterocycles. The molecule has 0 amide bonds. The maximum absolute atomic E-state index is 12.7. The maximum atomic E-state index is 12.7. The number of unbranched alkanes of at least 4 members (excludes halogenated alkanes) is 25. The molecule has 0 saturated heterocycles. The Kier molecular flexibility index (Phi) is 41.7. The smallest absolute Gasteiger partial charge is 0.472 e. The number of carbonyl (C=O) groups excluding carboxylic acids is 2. The highest BCUT2D eigenvalue weighted by molar-refractivity contribution is 7.47. The molecule has 0 aliphatic carbocycles. The lowest BCUT2D eigenvalue weighted by atomic mass is 10.0. The molecule has 0 spiro atoms. The van der Waals surface area contributed by atoms with E-state index in [1.807, 2.05) is 0 Å². The molecule has 0 aromatic carbocycles. The Morgan fingerprint density at radius 1 is 0.517 bits per heavy atom. The number of hydrogen-bond donors (Lipinski definition) is 3. The molecule has 350 valence electrons. The van der Waals surface area contributed by atoms with E-state index in [1.165, 1.54) is 135 Å². The molecular formula is C48H88NO10P. The molecule has 11 nitrogen and oxygen atoms in total. The van der Waals surface area contributed by atoms with Gasteiger partial charge in [0.1, 0.15) is 12.6 Å². The van der Waals surface area contributed by atoms with Crippen LogP contribution in [0.1, 0.15) is 219 Å². The van der Waals surface area contributed by atoms with Gasteiger partial charge in [-0.05, 0) is 70.6 Å². The second-order valence-electron chi connectivity index (χ2n) is 16.2. The van der Waals surface area contributed by atoms with Crippen molar-refractivity contribution < 1.29 is 47.5 Å². The lowest BCUT2D eigenvalue weighted by Crippen LogP contribution is -2.34. The first-order valence-corrected chi connectivity index (χ1v) is 25.5. The average molecular weight is 870 g/mol. The van der Waals surface area contributed by atoms with Gasteiger partial charge in [-0.3, -0.25) is 23.4 Å². The number of carbonyl (C=O) groups is 3. The number of phosphoric ester groups is 1. The van der Waals surface area contributed by atoms with Crippen LogP contribution in [-0.4, -0.2) is 59.9 Å². The predicted molar refractivity (Wildman–Crippen MR) is 245 cm³/mol. The number of hydrogen-bond acceptors (Lipinski definition) is 9. The number of carboxylic acids is 1. The zero-order chi connectivity index (χ0) is 44.2. The van der Waals surface area contributed by atoms with Gasteiger partial charge >= 0.3 is 25.7 Å². The van der Waals surface area contributed by atoms with Crippen molar-refractivity contribution in [3.63, 3.8) is 0 Å². The summed E-state index contributed by atoms with van der Waals surface area (Å²) in [5, 5.41) is 8.90. The van der Waals surface area contributed by atoms with Crippen molar-refractivity contribution in [3.8, 4) is 0 Å². The molecule has 0 bridgehead atoms. The van der Waals surface area contributed by atoms with Gasteiger partial charge in [0.05, 0.1) is 13.2 Å². The number of nitrogens with two attached hydrogens (primary N) is 1. The van der Waals surface area contributed by atoms with Gasteiger partial charge < -0.3 is 25.2 Å². The average Bonchev–Trinajstić information content (AvgIpc) is 3.22. The van der Waals surface area contributed by atoms with Gasteiger partial charge in [0.25, 0.3) is 0 Å². The van der Waals surface area contributed by atoms with E-state index in [1.54, 1.807) is 0 Å². The van der Waals surface area contributed by atoms with E-state index in [2.05, 4.69) is 54.8 Å². The lowest BCUT2D eigenvalue weighted by Gasteiger charge is -2.20. The summed E-state index contributed by atoms with van der Waals surface area (Å²) < 4.78 is 32.7. The molecule has 0 aliphatic rings. The first-order valence-electron chi connectivity index (χ1n) is 24.0. The SMILES string of the molecule is CCCCCCCC/C=C/C/C=C/CCCCC(=O)OC[C@@H](COP(=O)(O)OC[C@H](N)C(=O)O)OC(=O)CCCCCCCCCCCCC/C=C/CCCCCCCC. The van der Waals surface area contributed by atoms with Crippen LogP contribution < -0.4 is 5.73 Å². The summed E-state index contributed by atoms with van der Waals surface area (Å²) in [7, 11) is -4.72. The van der Waals surface area contributed by atoms with Crippen LogP contribution in [0.2, 0.25) is 0 Å². The van der Waals surface area contributed by atoms with Gasteiger partial charge in [-0.15, -0.1) is 0 Å². The Hall–Kier alpha value is -2.30. The number of phosphoric acid groups is 1. The number of aliphatic carboxylic acids is 1. The molecule has 3 atom stereocenters. The van der Waals surface area contributed by atoms with Crippen LogP contribution in [0.3, 0.4) is 0 Å².